The van der Waals surface area contributed by atoms with E-state index in [-0.39, 0.29) is 0 Å². The molecule has 2 rings (SSSR count). The first-order valence-corrected chi connectivity index (χ1v) is 6.64. The van der Waals surface area contributed by atoms with Gasteiger partial charge in [-0.3, -0.25) is 0 Å². The molecule has 0 saturated heterocycles. The first kappa shape index (κ1) is 13.1. The molecule has 2 aromatic rings. The summed E-state index contributed by atoms with van der Waals surface area (Å²) in [5.41, 5.74) is 1.03. The molecule has 0 saturated carbocycles. The Labute approximate surface area is 109 Å². The van der Waals surface area contributed by atoms with Gasteiger partial charge in [0.25, 0.3) is 0 Å². The van der Waals surface area contributed by atoms with Gasteiger partial charge in [0.05, 0.1) is 6.10 Å². The summed E-state index contributed by atoms with van der Waals surface area (Å²) in [5, 5.41) is 12.8. The first-order valence-electron chi connectivity index (χ1n) is 6.64. The summed E-state index contributed by atoms with van der Waals surface area (Å²) >= 11 is 0. The topological polar surface area (TPSA) is 23.5 Å². The van der Waals surface area contributed by atoms with Crippen LogP contribution in [0.15, 0.2) is 42.5 Å². The van der Waals surface area contributed by atoms with Gasteiger partial charge in [0.2, 0.25) is 0 Å². The highest BCUT2D eigenvalue weighted by molar-refractivity contribution is 5.85. The molecule has 0 aromatic heterocycles. The van der Waals surface area contributed by atoms with Crippen molar-refractivity contribution in [2.75, 3.05) is 19.6 Å². The van der Waals surface area contributed by atoms with E-state index in [4.69, 9.17) is 0 Å². The van der Waals surface area contributed by atoms with Crippen molar-refractivity contribution in [1.29, 1.82) is 0 Å². The zero-order valence-corrected chi connectivity index (χ0v) is 11.1. The molecule has 0 aliphatic heterocycles. The Morgan fingerprint density at radius 3 is 2.39 bits per heavy atom. The third-order valence-corrected chi connectivity index (χ3v) is 3.51. The summed E-state index contributed by atoms with van der Waals surface area (Å²) in [5.74, 6) is 0. The van der Waals surface area contributed by atoms with Crippen LogP contribution in [-0.4, -0.2) is 29.6 Å². The molecule has 0 amide bonds. The molecule has 96 valence electrons. The molecule has 1 atom stereocenters. The smallest absolute Gasteiger partial charge is 0.0922 e. The largest absolute Gasteiger partial charge is 0.387 e. The molecule has 0 fully saturated rings. The lowest BCUT2D eigenvalue weighted by Gasteiger charge is -2.22. The molecule has 1 unspecified atom stereocenters. The fourth-order valence-electron chi connectivity index (χ4n) is 2.37. The Balaban J connectivity index is 2.30. The van der Waals surface area contributed by atoms with Gasteiger partial charge >= 0.3 is 0 Å². The van der Waals surface area contributed by atoms with Crippen LogP contribution in [0.2, 0.25) is 0 Å². The summed E-state index contributed by atoms with van der Waals surface area (Å²) in [6.07, 6.45) is -0.420. The predicted molar refractivity (Wildman–Crippen MR) is 76.7 cm³/mol. The van der Waals surface area contributed by atoms with Crippen LogP contribution in [0.1, 0.15) is 25.5 Å². The van der Waals surface area contributed by atoms with Gasteiger partial charge in [0.15, 0.2) is 0 Å². The molecule has 0 aliphatic rings. The third kappa shape index (κ3) is 2.71. The molecular formula is C16H21NO. The maximum atomic E-state index is 10.4. The minimum absolute atomic E-state index is 0.420. The van der Waals surface area contributed by atoms with Crippen LogP contribution in [-0.2, 0) is 0 Å². The van der Waals surface area contributed by atoms with E-state index >= 15 is 0 Å². The zero-order chi connectivity index (χ0) is 13.0. The van der Waals surface area contributed by atoms with Crippen molar-refractivity contribution in [3.63, 3.8) is 0 Å². The summed E-state index contributed by atoms with van der Waals surface area (Å²) < 4.78 is 0. The normalized spacial score (nSPS) is 13.1. The highest BCUT2D eigenvalue weighted by Gasteiger charge is 2.13. The van der Waals surface area contributed by atoms with Gasteiger partial charge in [-0.15, -0.1) is 0 Å². The van der Waals surface area contributed by atoms with E-state index in [2.05, 4.69) is 36.9 Å². The van der Waals surface area contributed by atoms with E-state index in [1.807, 2.05) is 24.3 Å². The van der Waals surface area contributed by atoms with Crippen LogP contribution in [0.5, 0.6) is 0 Å². The average molecular weight is 243 g/mol. The molecule has 0 aliphatic carbocycles. The van der Waals surface area contributed by atoms with Crippen molar-refractivity contribution in [1.82, 2.24) is 4.90 Å². The van der Waals surface area contributed by atoms with Gasteiger partial charge in [-0.2, -0.15) is 0 Å². The van der Waals surface area contributed by atoms with Crippen molar-refractivity contribution in [2.24, 2.45) is 0 Å². The quantitative estimate of drug-likeness (QED) is 0.871. The third-order valence-electron chi connectivity index (χ3n) is 3.51. The summed E-state index contributed by atoms with van der Waals surface area (Å²) in [6, 6.07) is 14.3. The minimum atomic E-state index is -0.420. The molecule has 0 heterocycles. The van der Waals surface area contributed by atoms with Crippen LogP contribution in [0, 0.1) is 0 Å². The minimum Gasteiger partial charge on any atom is -0.387 e. The monoisotopic (exact) mass is 243 g/mol. The number of aliphatic hydroxyl groups excluding tert-OH is 1. The first-order chi connectivity index (χ1) is 8.76. The van der Waals surface area contributed by atoms with Crippen LogP contribution < -0.4 is 0 Å². The van der Waals surface area contributed by atoms with E-state index in [9.17, 15) is 5.11 Å². The molecule has 0 radical (unpaired) electrons. The lowest BCUT2D eigenvalue weighted by atomic mass is 10.00. The van der Waals surface area contributed by atoms with E-state index < -0.39 is 6.10 Å². The Hall–Kier alpha value is -1.38. The highest BCUT2D eigenvalue weighted by Crippen LogP contribution is 2.24. The molecule has 0 spiro atoms. The van der Waals surface area contributed by atoms with Gasteiger partial charge in [0.1, 0.15) is 0 Å². The SMILES string of the molecule is CCN(CC)CC(O)c1cccc2ccccc12. The Morgan fingerprint density at radius 1 is 1.00 bits per heavy atom. The fraction of sp³-hybridized carbons (Fsp3) is 0.375. The fourth-order valence-corrected chi connectivity index (χ4v) is 2.37. The van der Waals surface area contributed by atoms with Crippen molar-refractivity contribution in [3.05, 3.63) is 48.0 Å². The number of aliphatic hydroxyl groups is 1. The summed E-state index contributed by atoms with van der Waals surface area (Å²) in [4.78, 5) is 2.24. The number of nitrogens with zero attached hydrogens (tertiary/aromatic N) is 1. The maximum Gasteiger partial charge on any atom is 0.0922 e. The van der Waals surface area contributed by atoms with Crippen LogP contribution in [0.4, 0.5) is 0 Å². The summed E-state index contributed by atoms with van der Waals surface area (Å²) in [7, 11) is 0. The number of hydrogen-bond acceptors (Lipinski definition) is 2. The zero-order valence-electron chi connectivity index (χ0n) is 11.1. The Morgan fingerprint density at radius 2 is 1.67 bits per heavy atom. The lowest BCUT2D eigenvalue weighted by Crippen LogP contribution is -2.28. The Bertz CT molecular complexity index is 500. The van der Waals surface area contributed by atoms with Gasteiger partial charge in [0, 0.05) is 6.54 Å². The van der Waals surface area contributed by atoms with Crippen LogP contribution >= 0.6 is 0 Å². The number of benzene rings is 2. The van der Waals surface area contributed by atoms with Crippen molar-refractivity contribution >= 4 is 10.8 Å². The second-order valence-electron chi connectivity index (χ2n) is 4.57. The number of hydrogen-bond donors (Lipinski definition) is 1. The molecule has 2 heteroatoms. The number of fused-ring (bicyclic) bond motifs is 1. The predicted octanol–water partition coefficient (Wildman–Crippen LogP) is 3.22. The average Bonchev–Trinajstić information content (AvgIpc) is 2.43. The standard InChI is InChI=1S/C16H21NO/c1-3-17(4-2)12-16(18)15-11-7-9-13-8-5-6-10-14(13)15/h5-11,16,18H,3-4,12H2,1-2H3. The van der Waals surface area contributed by atoms with E-state index in [1.54, 1.807) is 0 Å². The highest BCUT2D eigenvalue weighted by atomic mass is 16.3. The maximum absolute atomic E-state index is 10.4. The van der Waals surface area contributed by atoms with Crippen LogP contribution in [0.25, 0.3) is 10.8 Å². The van der Waals surface area contributed by atoms with E-state index in [1.165, 1.54) is 5.39 Å². The molecule has 2 nitrogen and oxygen atoms in total. The second kappa shape index (κ2) is 5.98. The van der Waals surface area contributed by atoms with E-state index in [0.717, 1.165) is 24.0 Å². The van der Waals surface area contributed by atoms with Crippen molar-refractivity contribution in [3.8, 4) is 0 Å². The summed E-state index contributed by atoms with van der Waals surface area (Å²) in [6.45, 7) is 6.89. The number of likely N-dealkylation sites (N-methyl/N-ethyl adjacent to an activating group) is 1. The van der Waals surface area contributed by atoms with E-state index in [0.29, 0.717) is 6.54 Å². The van der Waals surface area contributed by atoms with Crippen LogP contribution in [0.3, 0.4) is 0 Å². The second-order valence-corrected chi connectivity index (χ2v) is 4.57. The number of rotatable bonds is 5. The Kier molecular flexibility index (Phi) is 4.34. The van der Waals surface area contributed by atoms with Gasteiger partial charge < -0.3 is 10.0 Å². The van der Waals surface area contributed by atoms with Gasteiger partial charge in [-0.05, 0) is 29.4 Å². The van der Waals surface area contributed by atoms with Crippen molar-refractivity contribution in [2.45, 2.75) is 20.0 Å². The van der Waals surface area contributed by atoms with Gasteiger partial charge in [-0.1, -0.05) is 56.3 Å². The lowest BCUT2D eigenvalue weighted by molar-refractivity contribution is 0.120. The van der Waals surface area contributed by atoms with Gasteiger partial charge in [-0.25, -0.2) is 0 Å². The van der Waals surface area contributed by atoms with Crippen molar-refractivity contribution < 1.29 is 5.11 Å². The molecular weight excluding hydrogens is 222 g/mol. The molecule has 0 bridgehead atoms. The molecule has 1 N–H and O–H groups in total. The molecule has 18 heavy (non-hydrogen) atoms. The molecule has 2 aromatic carbocycles.